The molecule has 12 heteroatoms. The van der Waals surface area contributed by atoms with Crippen LogP contribution in [0.4, 0.5) is 0 Å². The molecule has 0 aromatic heterocycles. The Kier molecular flexibility index (Phi) is 11.2. The number of carbonyl (C=O) groups excluding carboxylic acids is 1. The minimum Gasteiger partial charge on any atom is -0.497 e. The molecule has 0 unspecified atom stereocenters. The number of rotatable bonds is 15. The van der Waals surface area contributed by atoms with E-state index in [-0.39, 0.29) is 15.4 Å². The van der Waals surface area contributed by atoms with E-state index in [9.17, 15) is 21.6 Å². The van der Waals surface area contributed by atoms with Gasteiger partial charge in [0, 0.05) is 41.9 Å². The summed E-state index contributed by atoms with van der Waals surface area (Å²) in [7, 11) is -4.79. The summed E-state index contributed by atoms with van der Waals surface area (Å²) in [5.41, 5.74) is 1.98. The van der Waals surface area contributed by atoms with E-state index in [0.717, 1.165) is 28.3 Å². The van der Waals surface area contributed by atoms with Crippen LogP contribution >= 0.6 is 11.8 Å². The lowest BCUT2D eigenvalue weighted by Crippen LogP contribution is -2.25. The largest absolute Gasteiger partial charge is 0.497 e. The zero-order valence-electron chi connectivity index (χ0n) is 24.4. The van der Waals surface area contributed by atoms with Gasteiger partial charge in [-0.1, -0.05) is 42.5 Å². The van der Waals surface area contributed by atoms with Crippen molar-refractivity contribution in [3.05, 3.63) is 114 Å². The first kappa shape index (κ1) is 33.2. The van der Waals surface area contributed by atoms with Gasteiger partial charge < -0.3 is 9.47 Å². The number of nitrogens with zero attached hydrogens (tertiary/aromatic N) is 1. The summed E-state index contributed by atoms with van der Waals surface area (Å²) in [5, 5.41) is 5.24. The third-order valence-corrected chi connectivity index (χ3v) is 10.3. The van der Waals surface area contributed by atoms with Crippen molar-refractivity contribution in [1.29, 1.82) is 0 Å². The van der Waals surface area contributed by atoms with Crippen molar-refractivity contribution >= 4 is 37.4 Å². The highest BCUT2D eigenvalue weighted by Gasteiger charge is 2.22. The second-order valence-electron chi connectivity index (χ2n) is 9.99. The third-order valence-electron chi connectivity index (χ3n) is 6.76. The maximum atomic E-state index is 13.1. The number of benzene rings is 4. The molecule has 4 aromatic rings. The molecule has 0 bridgehead atoms. The molecule has 0 amide bonds. The molecule has 0 atom stereocenters. The Morgan fingerprint density at radius 1 is 0.750 bits per heavy atom. The molecule has 0 aliphatic carbocycles. The predicted molar refractivity (Wildman–Crippen MR) is 171 cm³/mol. The number of sulfonamides is 1. The van der Waals surface area contributed by atoms with Crippen LogP contribution < -0.4 is 14.6 Å². The molecular formula is C32H34N2O7S3. The van der Waals surface area contributed by atoms with E-state index in [4.69, 9.17) is 14.6 Å². The smallest absolute Gasteiger partial charge is 0.238 e. The van der Waals surface area contributed by atoms with E-state index >= 15 is 0 Å². The maximum absolute atomic E-state index is 13.1. The third kappa shape index (κ3) is 9.41. The molecule has 0 aliphatic heterocycles. The topological polar surface area (TPSA) is 133 Å². The van der Waals surface area contributed by atoms with Crippen molar-refractivity contribution in [3.8, 4) is 11.5 Å². The number of ketones is 1. The van der Waals surface area contributed by atoms with Crippen LogP contribution in [-0.2, 0) is 33.0 Å². The molecule has 0 saturated heterocycles. The lowest BCUT2D eigenvalue weighted by Gasteiger charge is -2.23. The van der Waals surface area contributed by atoms with Crippen LogP contribution in [0.15, 0.2) is 112 Å². The number of ether oxygens (including phenoxy) is 2. The lowest BCUT2D eigenvalue weighted by atomic mass is 10.1. The van der Waals surface area contributed by atoms with Crippen LogP contribution in [0.25, 0.3) is 0 Å². The first-order chi connectivity index (χ1) is 21.0. The Hall–Kier alpha value is -3.68. The number of primary sulfonamides is 1. The molecule has 0 heterocycles. The molecule has 232 valence electrons. The second kappa shape index (κ2) is 14.9. The SMILES string of the molecule is COc1cc(OC)cc(C(=O)CS(=O)(=O)c2ccc(CN(CCSc3ccccc3)Cc3ccc(S(N)(=O)=O)cc3)cc2)c1. The molecule has 4 rings (SSSR count). The van der Waals surface area contributed by atoms with Gasteiger partial charge in [-0.3, -0.25) is 9.69 Å². The molecule has 0 spiro atoms. The molecule has 0 radical (unpaired) electrons. The zero-order valence-corrected chi connectivity index (χ0v) is 26.8. The monoisotopic (exact) mass is 654 g/mol. The fourth-order valence-corrected chi connectivity index (χ4v) is 7.11. The number of hydrogen-bond donors (Lipinski definition) is 1. The summed E-state index contributed by atoms with van der Waals surface area (Å²) in [6, 6.07) is 27.6. The fourth-order valence-electron chi connectivity index (χ4n) is 4.43. The number of thioether (sulfide) groups is 1. The predicted octanol–water partition coefficient (Wildman–Crippen LogP) is 4.80. The van der Waals surface area contributed by atoms with Gasteiger partial charge in [0.2, 0.25) is 10.0 Å². The van der Waals surface area contributed by atoms with E-state index in [1.807, 2.05) is 18.2 Å². The van der Waals surface area contributed by atoms with E-state index in [0.29, 0.717) is 24.6 Å². The van der Waals surface area contributed by atoms with E-state index in [2.05, 4.69) is 17.0 Å². The minimum absolute atomic E-state index is 0.0493. The number of hydrogen-bond acceptors (Lipinski definition) is 9. The normalized spacial score (nSPS) is 11.8. The Morgan fingerprint density at radius 2 is 1.27 bits per heavy atom. The highest BCUT2D eigenvalue weighted by molar-refractivity contribution is 7.99. The molecule has 0 aliphatic rings. The zero-order chi connectivity index (χ0) is 31.7. The van der Waals surface area contributed by atoms with Gasteiger partial charge in [-0.15, -0.1) is 11.8 Å². The van der Waals surface area contributed by atoms with Crippen molar-refractivity contribution in [1.82, 2.24) is 4.90 Å². The lowest BCUT2D eigenvalue weighted by molar-refractivity contribution is 0.102. The van der Waals surface area contributed by atoms with E-state index in [1.54, 1.807) is 42.1 Å². The van der Waals surface area contributed by atoms with Crippen LogP contribution in [0.3, 0.4) is 0 Å². The van der Waals surface area contributed by atoms with Gasteiger partial charge >= 0.3 is 0 Å². The number of carbonyl (C=O) groups is 1. The number of Topliss-reactive ketones (excluding diaryl/α,β-unsaturated/α-hetero) is 1. The van der Waals surface area contributed by atoms with Gasteiger partial charge in [-0.05, 0) is 59.7 Å². The second-order valence-corrected chi connectivity index (χ2v) is 14.7. The molecule has 44 heavy (non-hydrogen) atoms. The number of nitrogens with two attached hydrogens (primary N) is 1. The first-order valence-electron chi connectivity index (χ1n) is 13.6. The number of methoxy groups -OCH3 is 2. The Morgan fingerprint density at radius 3 is 1.77 bits per heavy atom. The highest BCUT2D eigenvalue weighted by Crippen LogP contribution is 2.24. The number of sulfone groups is 1. The minimum atomic E-state index is -3.91. The Balaban J connectivity index is 1.46. The molecule has 0 fully saturated rings. The maximum Gasteiger partial charge on any atom is 0.238 e. The van der Waals surface area contributed by atoms with Crippen LogP contribution in [0.5, 0.6) is 11.5 Å². The Bertz CT molecular complexity index is 1760. The summed E-state index contributed by atoms with van der Waals surface area (Å²) >= 11 is 1.73. The molecule has 2 N–H and O–H groups in total. The van der Waals surface area contributed by atoms with Crippen molar-refractivity contribution in [2.75, 3.05) is 32.3 Å². The van der Waals surface area contributed by atoms with Crippen molar-refractivity contribution in [2.45, 2.75) is 27.8 Å². The van der Waals surface area contributed by atoms with Gasteiger partial charge in [-0.25, -0.2) is 22.0 Å². The first-order valence-corrected chi connectivity index (χ1v) is 17.7. The van der Waals surface area contributed by atoms with Crippen molar-refractivity contribution in [3.63, 3.8) is 0 Å². The summed E-state index contributed by atoms with van der Waals surface area (Å²) in [6.45, 7) is 1.78. The summed E-state index contributed by atoms with van der Waals surface area (Å²) in [6.07, 6.45) is 0. The van der Waals surface area contributed by atoms with Crippen molar-refractivity contribution in [2.24, 2.45) is 5.14 Å². The molecule has 0 saturated carbocycles. The van der Waals surface area contributed by atoms with Crippen LogP contribution in [0.2, 0.25) is 0 Å². The summed E-state index contributed by atoms with van der Waals surface area (Å²) < 4.78 is 60.0. The summed E-state index contributed by atoms with van der Waals surface area (Å²) in [5.74, 6) is 0.327. The molecule has 9 nitrogen and oxygen atoms in total. The van der Waals surface area contributed by atoms with Crippen LogP contribution in [0, 0.1) is 0 Å². The Labute approximate surface area is 263 Å². The standard InChI is InChI=1S/C32H34N2O7S3/c1-40-27-18-26(19-28(20-27)41-2)32(35)23-43(36,37)30-12-8-24(9-13-30)21-34(16-17-42-29-6-4-3-5-7-29)22-25-10-14-31(15-11-25)44(33,38)39/h3-15,18-20H,16-17,21-23H2,1-2H3,(H2,33,38,39). The fraction of sp³-hybridized carbons (Fsp3) is 0.219. The van der Waals surface area contributed by atoms with Crippen LogP contribution in [0.1, 0.15) is 21.5 Å². The van der Waals surface area contributed by atoms with Gasteiger partial charge in [0.05, 0.1) is 24.0 Å². The van der Waals surface area contributed by atoms with E-state index in [1.165, 1.54) is 50.6 Å². The van der Waals surface area contributed by atoms with Gasteiger partial charge in [0.1, 0.15) is 17.3 Å². The average Bonchev–Trinajstić information content (AvgIpc) is 3.01. The quantitative estimate of drug-likeness (QED) is 0.142. The van der Waals surface area contributed by atoms with Crippen molar-refractivity contribution < 1.29 is 31.1 Å². The molecule has 4 aromatic carbocycles. The van der Waals surface area contributed by atoms with E-state index < -0.39 is 31.4 Å². The highest BCUT2D eigenvalue weighted by atomic mass is 32.2. The average molecular weight is 655 g/mol. The summed E-state index contributed by atoms with van der Waals surface area (Å²) in [4.78, 5) is 16.3. The van der Waals surface area contributed by atoms with Gasteiger partial charge in [-0.2, -0.15) is 0 Å². The van der Waals surface area contributed by atoms with Gasteiger partial charge in [0.15, 0.2) is 15.6 Å². The molecular weight excluding hydrogens is 621 g/mol. The van der Waals surface area contributed by atoms with Crippen LogP contribution in [-0.4, -0.2) is 59.8 Å². The van der Waals surface area contributed by atoms with Gasteiger partial charge in [0.25, 0.3) is 0 Å².